The molecule has 0 saturated carbocycles. The predicted octanol–water partition coefficient (Wildman–Crippen LogP) is 3.33. The van der Waals surface area contributed by atoms with Crippen molar-refractivity contribution >= 4 is 5.97 Å². The largest absolute Gasteiger partial charge is 0.497 e. The summed E-state index contributed by atoms with van der Waals surface area (Å²) in [5.41, 5.74) is 2.57. The second kappa shape index (κ2) is 9.71. The van der Waals surface area contributed by atoms with Crippen molar-refractivity contribution in [2.24, 2.45) is 7.05 Å². The van der Waals surface area contributed by atoms with Gasteiger partial charge in [0.25, 0.3) is 0 Å². The second-order valence-electron chi connectivity index (χ2n) is 7.12. The number of benzene rings is 2. The molecule has 1 fully saturated rings. The number of nitrogens with zero attached hydrogens (tertiary/aromatic N) is 2. The minimum atomic E-state index is -1.07. The van der Waals surface area contributed by atoms with E-state index in [2.05, 4.69) is 5.10 Å². The number of hydrogen-bond donors (Lipinski definition) is 1. The van der Waals surface area contributed by atoms with Gasteiger partial charge in [0.05, 0.1) is 25.9 Å². The van der Waals surface area contributed by atoms with Crippen LogP contribution in [0.2, 0.25) is 0 Å². The number of carboxylic acids is 1. The van der Waals surface area contributed by atoms with Crippen LogP contribution in [-0.4, -0.2) is 41.2 Å². The summed E-state index contributed by atoms with van der Waals surface area (Å²) in [5, 5.41) is 13.3. The fourth-order valence-corrected chi connectivity index (χ4v) is 3.38. The molecule has 0 unspecified atom stereocenters. The predicted molar refractivity (Wildman–Crippen MR) is 113 cm³/mol. The van der Waals surface area contributed by atoms with Crippen LogP contribution >= 0.6 is 0 Å². The molecule has 0 aliphatic carbocycles. The van der Waals surface area contributed by atoms with E-state index in [0.29, 0.717) is 25.6 Å². The highest BCUT2D eigenvalue weighted by Gasteiger charge is 2.26. The van der Waals surface area contributed by atoms with E-state index < -0.39 is 12.3 Å². The Morgan fingerprint density at radius 1 is 1.12 bits per heavy atom. The summed E-state index contributed by atoms with van der Waals surface area (Å²) in [6.07, 6.45) is -0.570. The highest BCUT2D eigenvalue weighted by Crippen LogP contribution is 2.35. The first kappa shape index (κ1) is 21.7. The summed E-state index contributed by atoms with van der Waals surface area (Å²) in [6, 6.07) is 14.6. The summed E-state index contributed by atoms with van der Waals surface area (Å²) in [4.78, 5) is 11.2. The molecule has 2 aromatic carbocycles. The van der Waals surface area contributed by atoms with Gasteiger partial charge < -0.3 is 28.8 Å². The van der Waals surface area contributed by atoms with E-state index in [4.69, 9.17) is 23.7 Å². The Morgan fingerprint density at radius 2 is 1.88 bits per heavy atom. The number of hydrogen-bond acceptors (Lipinski definition) is 7. The van der Waals surface area contributed by atoms with Gasteiger partial charge in [0, 0.05) is 18.7 Å². The van der Waals surface area contributed by atoms with Crippen LogP contribution < -0.4 is 14.2 Å². The van der Waals surface area contributed by atoms with Gasteiger partial charge in [-0.25, -0.2) is 4.79 Å². The Labute approximate surface area is 185 Å². The maximum atomic E-state index is 11.2. The van der Waals surface area contributed by atoms with Gasteiger partial charge in [-0.3, -0.25) is 4.68 Å². The van der Waals surface area contributed by atoms with E-state index in [1.807, 2.05) is 42.5 Å². The molecule has 0 bridgehead atoms. The third-order valence-electron chi connectivity index (χ3n) is 5.02. The van der Waals surface area contributed by atoms with Crippen molar-refractivity contribution in [2.75, 3.05) is 20.3 Å². The maximum Gasteiger partial charge on any atom is 0.354 e. The van der Waals surface area contributed by atoms with Crippen molar-refractivity contribution < 1.29 is 33.6 Å². The van der Waals surface area contributed by atoms with Gasteiger partial charge in [-0.2, -0.15) is 0 Å². The first-order valence-corrected chi connectivity index (χ1v) is 10.1. The van der Waals surface area contributed by atoms with Crippen molar-refractivity contribution in [3.8, 4) is 17.4 Å². The Hall–Kier alpha value is -3.56. The van der Waals surface area contributed by atoms with E-state index in [1.54, 1.807) is 14.2 Å². The number of carboxylic acid groups (broad SMARTS) is 1. The van der Waals surface area contributed by atoms with Crippen molar-refractivity contribution in [3.05, 3.63) is 70.9 Å². The zero-order valence-electron chi connectivity index (χ0n) is 17.8. The Bertz CT molecular complexity index is 1070. The fourth-order valence-electron chi connectivity index (χ4n) is 3.38. The lowest BCUT2D eigenvalue weighted by molar-refractivity contribution is -0.0470. The second-order valence-corrected chi connectivity index (χ2v) is 7.12. The van der Waals surface area contributed by atoms with Crippen LogP contribution in [0.1, 0.15) is 33.5 Å². The van der Waals surface area contributed by atoms with Crippen LogP contribution in [0.15, 0.2) is 48.5 Å². The number of aromatic carboxylic acids is 1. The molecule has 32 heavy (non-hydrogen) atoms. The zero-order valence-corrected chi connectivity index (χ0v) is 17.8. The highest BCUT2D eigenvalue weighted by atomic mass is 16.7. The maximum absolute atomic E-state index is 11.2. The standard InChI is InChI=1S/C23H24N2O7/c1-25-18(22(26)27)12-20(24-25)32-14-16-4-3-5-19(21(16)23-29-10-11-30-23)31-13-15-6-8-17(28-2)9-7-15/h3-9,12,23H,10-11,13-14H2,1-2H3,(H,26,27). The van der Waals surface area contributed by atoms with Gasteiger partial charge in [-0.1, -0.05) is 24.3 Å². The van der Waals surface area contributed by atoms with Crippen LogP contribution in [0, 0.1) is 0 Å². The lowest BCUT2D eigenvalue weighted by Gasteiger charge is -2.19. The molecule has 4 rings (SSSR count). The van der Waals surface area contributed by atoms with Gasteiger partial charge in [0.15, 0.2) is 6.29 Å². The lowest BCUT2D eigenvalue weighted by Crippen LogP contribution is -2.09. The molecule has 9 nitrogen and oxygen atoms in total. The fraction of sp³-hybridized carbons (Fsp3) is 0.304. The van der Waals surface area contributed by atoms with Gasteiger partial charge in [-0.05, 0) is 23.8 Å². The van der Waals surface area contributed by atoms with Gasteiger partial charge in [-0.15, -0.1) is 5.10 Å². The van der Waals surface area contributed by atoms with Crippen LogP contribution in [0.3, 0.4) is 0 Å². The van der Waals surface area contributed by atoms with Crippen LogP contribution in [0.4, 0.5) is 0 Å². The molecule has 0 radical (unpaired) electrons. The van der Waals surface area contributed by atoms with Gasteiger partial charge >= 0.3 is 5.97 Å². The lowest BCUT2D eigenvalue weighted by atomic mass is 10.1. The molecule has 3 aromatic rings. The Balaban J connectivity index is 1.53. The molecule has 0 spiro atoms. The van der Waals surface area contributed by atoms with Crippen molar-refractivity contribution in [1.29, 1.82) is 0 Å². The summed E-state index contributed by atoms with van der Waals surface area (Å²) in [7, 11) is 3.18. The van der Waals surface area contributed by atoms with E-state index >= 15 is 0 Å². The molecule has 2 heterocycles. The Morgan fingerprint density at radius 3 is 2.53 bits per heavy atom. The molecule has 1 aromatic heterocycles. The van der Waals surface area contributed by atoms with Crippen LogP contribution in [-0.2, 0) is 29.7 Å². The van der Waals surface area contributed by atoms with Crippen molar-refractivity contribution in [1.82, 2.24) is 9.78 Å². The molecule has 1 aliphatic rings. The molecule has 168 valence electrons. The monoisotopic (exact) mass is 440 g/mol. The minimum Gasteiger partial charge on any atom is -0.497 e. The molecule has 0 atom stereocenters. The molecule has 1 aliphatic heterocycles. The minimum absolute atomic E-state index is 0.0410. The summed E-state index contributed by atoms with van der Waals surface area (Å²) < 4.78 is 29.8. The van der Waals surface area contributed by atoms with Crippen molar-refractivity contribution in [3.63, 3.8) is 0 Å². The number of ether oxygens (including phenoxy) is 5. The molecule has 9 heteroatoms. The summed E-state index contributed by atoms with van der Waals surface area (Å²) in [5.74, 6) is 0.550. The van der Waals surface area contributed by atoms with Gasteiger partial charge in [0.2, 0.25) is 5.88 Å². The van der Waals surface area contributed by atoms with E-state index in [9.17, 15) is 9.90 Å². The molecular weight excluding hydrogens is 416 g/mol. The third kappa shape index (κ3) is 4.84. The van der Waals surface area contributed by atoms with Crippen LogP contribution in [0.5, 0.6) is 17.4 Å². The summed E-state index contributed by atoms with van der Waals surface area (Å²) >= 11 is 0. The average Bonchev–Trinajstić information content (AvgIpc) is 3.46. The number of carbonyl (C=O) groups is 1. The number of aryl methyl sites for hydroxylation is 1. The molecule has 0 amide bonds. The van der Waals surface area contributed by atoms with Crippen LogP contribution in [0.25, 0.3) is 0 Å². The Kier molecular flexibility index (Phi) is 6.58. The quantitative estimate of drug-likeness (QED) is 0.541. The molecule has 1 N–H and O–H groups in total. The number of aromatic nitrogens is 2. The highest BCUT2D eigenvalue weighted by molar-refractivity contribution is 5.85. The van der Waals surface area contributed by atoms with E-state index in [0.717, 1.165) is 22.4 Å². The van der Waals surface area contributed by atoms with E-state index in [-0.39, 0.29) is 18.2 Å². The zero-order chi connectivity index (χ0) is 22.5. The SMILES string of the molecule is COc1ccc(COc2cccc(COc3cc(C(=O)O)n(C)n3)c2C2OCCO2)cc1. The first-order chi connectivity index (χ1) is 15.5. The topological polar surface area (TPSA) is 101 Å². The number of methoxy groups -OCH3 is 1. The van der Waals surface area contributed by atoms with Gasteiger partial charge in [0.1, 0.15) is 30.4 Å². The molecule has 1 saturated heterocycles. The van der Waals surface area contributed by atoms with E-state index in [1.165, 1.54) is 10.7 Å². The third-order valence-corrected chi connectivity index (χ3v) is 5.02. The first-order valence-electron chi connectivity index (χ1n) is 10.1. The normalized spacial score (nSPS) is 13.8. The smallest absolute Gasteiger partial charge is 0.354 e. The van der Waals surface area contributed by atoms with Crippen molar-refractivity contribution in [2.45, 2.75) is 19.5 Å². The molecular formula is C23H24N2O7. The summed E-state index contributed by atoms with van der Waals surface area (Å²) in [6.45, 7) is 1.48. The average molecular weight is 440 g/mol. The number of rotatable bonds is 9.